The van der Waals surface area contributed by atoms with Gasteiger partial charge in [0.25, 0.3) is 5.91 Å². The molecular weight excluding hydrogens is 348 g/mol. The van der Waals surface area contributed by atoms with Crippen molar-refractivity contribution in [1.82, 2.24) is 29.3 Å². The topological polar surface area (TPSA) is 67.2 Å². The Labute approximate surface area is 156 Å². The molecule has 0 radical (unpaired) electrons. The van der Waals surface area contributed by atoms with E-state index in [1.807, 2.05) is 17.9 Å². The van der Waals surface area contributed by atoms with Crippen molar-refractivity contribution < 1.29 is 4.79 Å². The Hall–Kier alpha value is -2.32. The fourth-order valence-corrected chi connectivity index (χ4v) is 4.78. The Kier molecular flexibility index (Phi) is 4.46. The predicted octanol–water partition coefficient (Wildman–Crippen LogP) is 2.12. The van der Waals surface area contributed by atoms with Crippen LogP contribution in [0.5, 0.6) is 0 Å². The van der Waals surface area contributed by atoms with Gasteiger partial charge in [-0.2, -0.15) is 0 Å². The lowest BCUT2D eigenvalue weighted by atomic mass is 9.97. The van der Waals surface area contributed by atoms with E-state index in [2.05, 4.69) is 26.0 Å². The van der Waals surface area contributed by atoms with Crippen molar-refractivity contribution in [2.45, 2.75) is 18.9 Å². The third-order valence-corrected chi connectivity index (χ3v) is 5.88. The van der Waals surface area contributed by atoms with E-state index < -0.39 is 0 Å². The molecule has 1 saturated heterocycles. The molecule has 1 amide bonds. The first-order valence-electron chi connectivity index (χ1n) is 8.67. The van der Waals surface area contributed by atoms with E-state index in [1.54, 1.807) is 31.4 Å². The highest BCUT2D eigenvalue weighted by Crippen LogP contribution is 2.39. The fraction of sp³-hybridized carbons (Fsp3) is 0.444. The van der Waals surface area contributed by atoms with Gasteiger partial charge in [0.2, 0.25) is 0 Å². The van der Waals surface area contributed by atoms with E-state index in [1.165, 1.54) is 11.3 Å². The molecule has 4 rings (SSSR count). The smallest absolute Gasteiger partial charge is 0.263 e. The van der Waals surface area contributed by atoms with Crippen LogP contribution in [0.1, 0.15) is 33.3 Å². The highest BCUT2D eigenvalue weighted by Gasteiger charge is 2.32. The van der Waals surface area contributed by atoms with Gasteiger partial charge >= 0.3 is 0 Å². The number of aromatic nitrogens is 4. The number of carbonyl (C=O) groups is 1. The van der Waals surface area contributed by atoms with E-state index >= 15 is 0 Å². The van der Waals surface area contributed by atoms with Gasteiger partial charge in [0.1, 0.15) is 10.3 Å². The van der Waals surface area contributed by atoms with Crippen molar-refractivity contribution in [2.24, 2.45) is 7.05 Å². The minimum Gasteiger partial charge on any atom is -0.344 e. The zero-order chi connectivity index (χ0) is 18.3. The van der Waals surface area contributed by atoms with Crippen LogP contribution >= 0.6 is 11.3 Å². The number of likely N-dealkylation sites (tertiary alicyclic amines) is 1. The number of nitrogens with zero attached hydrogens (tertiary/aromatic N) is 6. The first-order valence-corrected chi connectivity index (χ1v) is 9.49. The Balaban J connectivity index is 1.63. The van der Waals surface area contributed by atoms with Crippen molar-refractivity contribution in [3.05, 3.63) is 41.1 Å². The third kappa shape index (κ3) is 3.10. The molecule has 0 aromatic carbocycles. The van der Waals surface area contributed by atoms with Crippen LogP contribution in [-0.2, 0) is 13.6 Å². The van der Waals surface area contributed by atoms with Crippen LogP contribution in [0, 0.1) is 0 Å². The molecule has 0 saturated carbocycles. The number of amides is 1. The second-order valence-corrected chi connectivity index (χ2v) is 8.00. The van der Waals surface area contributed by atoms with Gasteiger partial charge < -0.3 is 9.47 Å². The molecule has 4 heterocycles. The number of carbonyl (C=O) groups excluding carboxylic acids is 1. The molecule has 1 atom stereocenters. The summed E-state index contributed by atoms with van der Waals surface area (Å²) in [6.45, 7) is 2.74. The maximum Gasteiger partial charge on any atom is 0.263 e. The second-order valence-electron chi connectivity index (χ2n) is 7.01. The highest BCUT2D eigenvalue weighted by molar-refractivity contribution is 7.20. The lowest BCUT2D eigenvalue weighted by molar-refractivity contribution is 0.0831. The molecule has 136 valence electrons. The third-order valence-electron chi connectivity index (χ3n) is 4.79. The van der Waals surface area contributed by atoms with Crippen LogP contribution in [-0.4, -0.2) is 62.4 Å². The standard InChI is InChI=1S/C18H22N6OS/c1-22(2)18(25)16-14(15-17(26-16)20-6-5-19-15)12-4-7-24(8-12)10-13-9-23(3)11-21-13/h5-6,9,11-12H,4,7-8,10H2,1-3H3. The van der Waals surface area contributed by atoms with Crippen LogP contribution in [0.15, 0.2) is 24.9 Å². The molecule has 1 aliphatic heterocycles. The van der Waals surface area contributed by atoms with E-state index in [-0.39, 0.29) is 5.91 Å². The van der Waals surface area contributed by atoms with Gasteiger partial charge in [-0.1, -0.05) is 0 Å². The maximum atomic E-state index is 12.7. The second kappa shape index (κ2) is 6.77. The van der Waals surface area contributed by atoms with Crippen LogP contribution in [0.3, 0.4) is 0 Å². The quantitative estimate of drug-likeness (QED) is 0.704. The minimum atomic E-state index is 0.0352. The first-order chi connectivity index (χ1) is 12.5. The van der Waals surface area contributed by atoms with Gasteiger partial charge in [0.05, 0.1) is 16.9 Å². The SMILES string of the molecule is CN(C)C(=O)c1sc2nccnc2c1C1CCN(Cc2cn(C)cn2)C1. The number of fused-ring (bicyclic) bond motifs is 1. The largest absolute Gasteiger partial charge is 0.344 e. The van der Waals surface area contributed by atoms with Crippen molar-refractivity contribution in [3.63, 3.8) is 0 Å². The minimum absolute atomic E-state index is 0.0352. The average Bonchev–Trinajstić information content (AvgIpc) is 3.32. The predicted molar refractivity (Wildman–Crippen MR) is 101 cm³/mol. The number of hydrogen-bond donors (Lipinski definition) is 0. The van der Waals surface area contributed by atoms with Gasteiger partial charge in [-0.3, -0.25) is 14.7 Å². The molecule has 1 aliphatic rings. The zero-order valence-corrected chi connectivity index (χ0v) is 16.0. The summed E-state index contributed by atoms with van der Waals surface area (Å²) in [6, 6.07) is 0. The molecule has 3 aromatic rings. The van der Waals surface area contributed by atoms with Crippen molar-refractivity contribution in [2.75, 3.05) is 27.2 Å². The van der Waals surface area contributed by atoms with Crippen LogP contribution in [0.25, 0.3) is 10.3 Å². The lowest BCUT2D eigenvalue weighted by Crippen LogP contribution is -2.23. The summed E-state index contributed by atoms with van der Waals surface area (Å²) in [4.78, 5) is 31.8. The Morgan fingerprint density at radius 2 is 2.12 bits per heavy atom. The lowest BCUT2D eigenvalue weighted by Gasteiger charge is -2.16. The van der Waals surface area contributed by atoms with E-state index in [0.29, 0.717) is 5.92 Å². The molecule has 0 N–H and O–H groups in total. The first kappa shape index (κ1) is 17.1. The summed E-state index contributed by atoms with van der Waals surface area (Å²) >= 11 is 1.46. The summed E-state index contributed by atoms with van der Waals surface area (Å²) < 4.78 is 1.97. The van der Waals surface area contributed by atoms with Crippen molar-refractivity contribution in [1.29, 1.82) is 0 Å². The maximum absolute atomic E-state index is 12.7. The van der Waals surface area contributed by atoms with Crippen LogP contribution in [0.4, 0.5) is 0 Å². The molecule has 0 spiro atoms. The van der Waals surface area contributed by atoms with Gasteiger partial charge in [0.15, 0.2) is 0 Å². The number of aryl methyl sites for hydroxylation is 1. The summed E-state index contributed by atoms with van der Waals surface area (Å²) in [6.07, 6.45) is 8.30. The van der Waals surface area contributed by atoms with E-state index in [0.717, 1.165) is 52.5 Å². The molecular formula is C18H22N6OS. The molecule has 1 fully saturated rings. The van der Waals surface area contributed by atoms with E-state index in [9.17, 15) is 4.79 Å². The molecule has 7 nitrogen and oxygen atoms in total. The molecule has 8 heteroatoms. The Morgan fingerprint density at radius 3 is 2.85 bits per heavy atom. The van der Waals surface area contributed by atoms with Gasteiger partial charge in [-0.25, -0.2) is 9.97 Å². The number of hydrogen-bond acceptors (Lipinski definition) is 6. The highest BCUT2D eigenvalue weighted by atomic mass is 32.1. The van der Waals surface area contributed by atoms with Gasteiger partial charge in [-0.05, 0) is 13.0 Å². The van der Waals surface area contributed by atoms with Crippen LogP contribution in [0.2, 0.25) is 0 Å². The molecule has 1 unspecified atom stereocenters. The number of thiophene rings is 1. The zero-order valence-electron chi connectivity index (χ0n) is 15.2. The van der Waals surface area contributed by atoms with Gasteiger partial charge in [0, 0.05) is 64.3 Å². The monoisotopic (exact) mass is 370 g/mol. The average molecular weight is 370 g/mol. The number of rotatable bonds is 4. The Morgan fingerprint density at radius 1 is 1.31 bits per heavy atom. The van der Waals surface area contributed by atoms with Crippen molar-refractivity contribution in [3.8, 4) is 0 Å². The molecule has 0 aliphatic carbocycles. The normalized spacial score (nSPS) is 17.9. The molecule has 26 heavy (non-hydrogen) atoms. The summed E-state index contributed by atoms with van der Waals surface area (Å²) in [7, 11) is 5.57. The van der Waals surface area contributed by atoms with Crippen LogP contribution < -0.4 is 0 Å². The summed E-state index contributed by atoms with van der Waals surface area (Å²) in [5.41, 5.74) is 3.03. The van der Waals surface area contributed by atoms with Crippen molar-refractivity contribution >= 4 is 27.6 Å². The fourth-order valence-electron chi connectivity index (χ4n) is 3.57. The van der Waals surface area contributed by atoms with E-state index in [4.69, 9.17) is 0 Å². The molecule has 0 bridgehead atoms. The van der Waals surface area contributed by atoms with Gasteiger partial charge in [-0.15, -0.1) is 11.3 Å². The summed E-state index contributed by atoms with van der Waals surface area (Å²) in [5.74, 6) is 0.330. The summed E-state index contributed by atoms with van der Waals surface area (Å²) in [5, 5.41) is 0. The number of imidazole rings is 1. The molecule has 3 aromatic heterocycles. The Bertz CT molecular complexity index is 946.